The van der Waals surface area contributed by atoms with Crippen molar-refractivity contribution >= 4 is 34.1 Å². The van der Waals surface area contributed by atoms with Gasteiger partial charge in [0.1, 0.15) is 0 Å². The first-order chi connectivity index (χ1) is 8.58. The smallest absolute Gasteiger partial charge is 0.248 e. The fourth-order valence-electron chi connectivity index (χ4n) is 1.67. The van der Waals surface area contributed by atoms with Crippen molar-refractivity contribution in [2.24, 2.45) is 0 Å². The molecule has 2 rings (SSSR count). The normalized spacial score (nSPS) is 10.2. The summed E-state index contributed by atoms with van der Waals surface area (Å²) in [4.78, 5) is 16.0. The maximum absolute atomic E-state index is 11.7. The second-order valence-corrected chi connectivity index (χ2v) is 4.61. The van der Waals surface area contributed by atoms with E-state index >= 15 is 0 Å². The van der Waals surface area contributed by atoms with Crippen LogP contribution in [0.15, 0.2) is 42.1 Å². The summed E-state index contributed by atoms with van der Waals surface area (Å²) in [6, 6.07) is 7.20. The van der Waals surface area contributed by atoms with Gasteiger partial charge < -0.3 is 5.32 Å². The number of anilines is 1. The number of hydrogen-bond donors (Lipinski definition) is 1. The number of allylic oxidation sites excluding steroid dienone is 1. The van der Waals surface area contributed by atoms with Gasteiger partial charge in [0.2, 0.25) is 5.91 Å². The summed E-state index contributed by atoms with van der Waals surface area (Å²) in [5, 5.41) is 4.26. The molecule has 0 aliphatic carbocycles. The zero-order valence-corrected chi connectivity index (χ0v) is 11.0. The maximum atomic E-state index is 11.7. The van der Waals surface area contributed by atoms with E-state index in [9.17, 15) is 4.79 Å². The highest BCUT2D eigenvalue weighted by molar-refractivity contribution is 6.36. The number of nitrogens with zero attached hydrogens (tertiary/aromatic N) is 1. The molecular formula is C14H13ClN2O. The fraction of sp³-hybridized carbons (Fsp3) is 0.143. The number of pyridine rings is 1. The molecule has 2 aromatic rings. The van der Waals surface area contributed by atoms with Crippen molar-refractivity contribution in [2.45, 2.75) is 13.8 Å². The van der Waals surface area contributed by atoms with E-state index in [4.69, 9.17) is 11.6 Å². The molecule has 3 nitrogen and oxygen atoms in total. The summed E-state index contributed by atoms with van der Waals surface area (Å²) in [6.45, 7) is 3.75. The van der Waals surface area contributed by atoms with Crippen molar-refractivity contribution in [2.75, 3.05) is 5.32 Å². The molecule has 0 bridgehead atoms. The Bertz CT molecular complexity index is 631. The average Bonchev–Trinajstić information content (AvgIpc) is 2.32. The van der Waals surface area contributed by atoms with Gasteiger partial charge in [-0.15, -0.1) is 0 Å². The van der Waals surface area contributed by atoms with E-state index in [1.165, 1.54) is 0 Å². The Hall–Kier alpha value is -1.87. The van der Waals surface area contributed by atoms with Crippen LogP contribution in [0, 0.1) is 0 Å². The predicted molar refractivity (Wildman–Crippen MR) is 74.8 cm³/mol. The highest BCUT2D eigenvalue weighted by Gasteiger charge is 2.07. The first-order valence-electron chi connectivity index (χ1n) is 5.57. The third-order valence-electron chi connectivity index (χ3n) is 2.39. The van der Waals surface area contributed by atoms with Gasteiger partial charge >= 0.3 is 0 Å². The zero-order valence-electron chi connectivity index (χ0n) is 10.2. The molecule has 0 spiro atoms. The van der Waals surface area contributed by atoms with Gasteiger partial charge in [-0.05, 0) is 38.1 Å². The molecule has 1 heterocycles. The van der Waals surface area contributed by atoms with Crippen LogP contribution in [0.3, 0.4) is 0 Å². The number of carbonyl (C=O) groups is 1. The standard InChI is InChI=1S/C14H13ClN2O/c1-9(2)8-13(18)17-12-6-5-11(15)10-4-3-7-16-14(10)12/h3-8H,1-2H3,(H,17,18). The lowest BCUT2D eigenvalue weighted by atomic mass is 10.2. The predicted octanol–water partition coefficient (Wildman–Crippen LogP) is 3.79. The molecule has 92 valence electrons. The molecule has 0 saturated heterocycles. The van der Waals surface area contributed by atoms with Gasteiger partial charge in [-0.3, -0.25) is 9.78 Å². The van der Waals surface area contributed by atoms with Crippen molar-refractivity contribution in [3.63, 3.8) is 0 Å². The number of benzene rings is 1. The van der Waals surface area contributed by atoms with Crippen LogP contribution in [0.25, 0.3) is 10.9 Å². The minimum Gasteiger partial charge on any atom is -0.321 e. The number of halogens is 1. The van der Waals surface area contributed by atoms with Crippen molar-refractivity contribution < 1.29 is 4.79 Å². The molecule has 1 amide bonds. The molecule has 1 N–H and O–H groups in total. The van der Waals surface area contributed by atoms with Gasteiger partial charge in [0.25, 0.3) is 0 Å². The lowest BCUT2D eigenvalue weighted by Gasteiger charge is -2.07. The Labute approximate surface area is 110 Å². The quantitative estimate of drug-likeness (QED) is 0.835. The highest BCUT2D eigenvalue weighted by Crippen LogP contribution is 2.27. The van der Waals surface area contributed by atoms with Crippen LogP contribution in [0.4, 0.5) is 5.69 Å². The van der Waals surface area contributed by atoms with E-state index in [1.54, 1.807) is 24.4 Å². The summed E-state index contributed by atoms with van der Waals surface area (Å²) >= 11 is 6.09. The number of aromatic nitrogens is 1. The van der Waals surface area contributed by atoms with Gasteiger partial charge in [0, 0.05) is 17.7 Å². The molecule has 1 aromatic heterocycles. The monoisotopic (exact) mass is 260 g/mol. The number of hydrogen-bond acceptors (Lipinski definition) is 2. The van der Waals surface area contributed by atoms with Crippen LogP contribution in [-0.4, -0.2) is 10.9 Å². The zero-order chi connectivity index (χ0) is 13.1. The molecule has 18 heavy (non-hydrogen) atoms. The summed E-state index contributed by atoms with van der Waals surface area (Å²) in [5.41, 5.74) is 2.30. The van der Waals surface area contributed by atoms with E-state index in [1.807, 2.05) is 26.0 Å². The SMILES string of the molecule is CC(C)=CC(=O)Nc1ccc(Cl)c2cccnc12. The number of nitrogens with one attached hydrogen (secondary N) is 1. The second-order valence-electron chi connectivity index (χ2n) is 4.21. The molecule has 0 aliphatic heterocycles. The van der Waals surface area contributed by atoms with Crippen LogP contribution in [0.2, 0.25) is 5.02 Å². The van der Waals surface area contributed by atoms with Crippen LogP contribution in [0.1, 0.15) is 13.8 Å². The summed E-state index contributed by atoms with van der Waals surface area (Å²) in [6.07, 6.45) is 3.22. The van der Waals surface area contributed by atoms with Crippen molar-refractivity contribution in [3.05, 3.63) is 47.1 Å². The largest absolute Gasteiger partial charge is 0.321 e. The van der Waals surface area contributed by atoms with Gasteiger partial charge in [0.15, 0.2) is 0 Å². The van der Waals surface area contributed by atoms with E-state index < -0.39 is 0 Å². The third-order valence-corrected chi connectivity index (χ3v) is 2.72. The Kier molecular flexibility index (Phi) is 3.63. The highest BCUT2D eigenvalue weighted by atomic mass is 35.5. The Morgan fingerprint density at radius 2 is 2.11 bits per heavy atom. The molecular weight excluding hydrogens is 248 g/mol. The summed E-state index contributed by atoms with van der Waals surface area (Å²) in [7, 11) is 0. The van der Waals surface area contributed by atoms with E-state index in [0.29, 0.717) is 16.2 Å². The maximum Gasteiger partial charge on any atom is 0.248 e. The molecule has 4 heteroatoms. The van der Waals surface area contributed by atoms with Crippen LogP contribution >= 0.6 is 11.6 Å². The molecule has 0 aliphatic rings. The number of amides is 1. The topological polar surface area (TPSA) is 42.0 Å². The minimum atomic E-state index is -0.163. The Morgan fingerprint density at radius 3 is 2.83 bits per heavy atom. The third kappa shape index (κ3) is 2.68. The molecule has 1 aromatic carbocycles. The Balaban J connectivity index is 2.43. The van der Waals surface area contributed by atoms with Gasteiger partial charge in [-0.2, -0.15) is 0 Å². The number of rotatable bonds is 2. The molecule has 0 fully saturated rings. The lowest BCUT2D eigenvalue weighted by Crippen LogP contribution is -2.09. The van der Waals surface area contributed by atoms with Crippen LogP contribution in [0.5, 0.6) is 0 Å². The number of fused-ring (bicyclic) bond motifs is 1. The number of carbonyl (C=O) groups excluding carboxylic acids is 1. The van der Waals surface area contributed by atoms with Crippen molar-refractivity contribution in [1.29, 1.82) is 0 Å². The molecule has 0 atom stereocenters. The second kappa shape index (κ2) is 5.19. The summed E-state index contributed by atoms with van der Waals surface area (Å²) < 4.78 is 0. The average molecular weight is 261 g/mol. The molecule has 0 radical (unpaired) electrons. The van der Waals surface area contributed by atoms with E-state index in [-0.39, 0.29) is 5.91 Å². The Morgan fingerprint density at radius 1 is 1.33 bits per heavy atom. The van der Waals surface area contributed by atoms with E-state index in [2.05, 4.69) is 10.3 Å². The first kappa shape index (κ1) is 12.6. The fourth-order valence-corrected chi connectivity index (χ4v) is 1.89. The lowest BCUT2D eigenvalue weighted by molar-refractivity contribution is -0.111. The van der Waals surface area contributed by atoms with Gasteiger partial charge in [0.05, 0.1) is 16.2 Å². The molecule has 0 unspecified atom stereocenters. The van der Waals surface area contributed by atoms with Gasteiger partial charge in [-0.1, -0.05) is 17.2 Å². The summed E-state index contributed by atoms with van der Waals surface area (Å²) in [5.74, 6) is -0.163. The van der Waals surface area contributed by atoms with Crippen molar-refractivity contribution in [1.82, 2.24) is 4.98 Å². The van der Waals surface area contributed by atoms with E-state index in [0.717, 1.165) is 11.0 Å². The van der Waals surface area contributed by atoms with Crippen molar-refractivity contribution in [3.8, 4) is 0 Å². The molecule has 0 saturated carbocycles. The van der Waals surface area contributed by atoms with Gasteiger partial charge in [-0.25, -0.2) is 0 Å². The van der Waals surface area contributed by atoms with Crippen LogP contribution < -0.4 is 5.32 Å². The van der Waals surface area contributed by atoms with Crippen LogP contribution in [-0.2, 0) is 4.79 Å². The minimum absolute atomic E-state index is 0.163. The first-order valence-corrected chi connectivity index (χ1v) is 5.95.